The van der Waals surface area contributed by atoms with Crippen LogP contribution in [0.25, 0.3) is 0 Å². The Bertz CT molecular complexity index is 1780. The van der Waals surface area contributed by atoms with E-state index in [2.05, 4.69) is 24.8 Å². The second kappa shape index (κ2) is 16.2. The third-order valence-corrected chi connectivity index (χ3v) is 11.5. The summed E-state index contributed by atoms with van der Waals surface area (Å²) in [5.74, 6) is 0.353. The number of piperidine rings is 1. The highest BCUT2D eigenvalue weighted by Gasteiger charge is 2.44. The Morgan fingerprint density at radius 2 is 1.67 bits per heavy atom. The minimum atomic E-state index is -1.14. The van der Waals surface area contributed by atoms with Gasteiger partial charge in [0.05, 0.1) is 24.4 Å². The van der Waals surface area contributed by atoms with Gasteiger partial charge >= 0.3 is 5.97 Å². The fraction of sp³-hybridized carbons (Fsp3) is 0.450. The number of nitrogens with zero attached hydrogens (tertiary/aromatic N) is 4. The molecule has 0 bridgehead atoms. The van der Waals surface area contributed by atoms with Gasteiger partial charge in [0.1, 0.15) is 28.7 Å². The molecule has 2 fully saturated rings. The lowest BCUT2D eigenvalue weighted by Crippen LogP contribution is -2.44. The van der Waals surface area contributed by atoms with E-state index >= 15 is 0 Å². The summed E-state index contributed by atoms with van der Waals surface area (Å²) in [6.07, 6.45) is 5.48. The highest BCUT2D eigenvalue weighted by molar-refractivity contribution is 7.99. The van der Waals surface area contributed by atoms with Crippen molar-refractivity contribution in [2.24, 2.45) is 0 Å². The van der Waals surface area contributed by atoms with Crippen molar-refractivity contribution in [2.75, 3.05) is 30.9 Å². The lowest BCUT2D eigenvalue weighted by atomic mass is 9.97. The Labute approximate surface area is 304 Å². The molecule has 3 aliphatic heterocycles. The van der Waals surface area contributed by atoms with Gasteiger partial charge in [-0.15, -0.1) is 11.8 Å². The minimum Gasteiger partial charge on any atom is -0.496 e. The number of likely N-dealkylation sites (tertiary alicyclic amines) is 1. The van der Waals surface area contributed by atoms with Crippen molar-refractivity contribution in [3.8, 4) is 23.3 Å². The number of amides is 2. The van der Waals surface area contributed by atoms with Crippen LogP contribution < -0.4 is 19.1 Å². The number of hydrogen-bond donors (Lipinski definition) is 0. The van der Waals surface area contributed by atoms with E-state index < -0.39 is 23.5 Å². The Morgan fingerprint density at radius 3 is 2.41 bits per heavy atom. The van der Waals surface area contributed by atoms with Crippen molar-refractivity contribution in [1.29, 1.82) is 5.26 Å². The molecular weight excluding hydrogens is 665 g/mol. The number of fused-ring (bicyclic) bond motifs is 1. The minimum absolute atomic E-state index is 0.107. The summed E-state index contributed by atoms with van der Waals surface area (Å²) in [6, 6.07) is 21.9. The Balaban J connectivity index is 1.21. The summed E-state index contributed by atoms with van der Waals surface area (Å²) in [7, 11) is 1.57. The maximum atomic E-state index is 14.3. The first kappa shape index (κ1) is 36.3. The molecule has 2 amide bonds. The van der Waals surface area contributed by atoms with Gasteiger partial charge in [-0.2, -0.15) is 5.26 Å². The van der Waals surface area contributed by atoms with Crippen molar-refractivity contribution in [3.05, 3.63) is 83.4 Å². The summed E-state index contributed by atoms with van der Waals surface area (Å²) in [5.41, 5.74) is 2.05. The summed E-state index contributed by atoms with van der Waals surface area (Å²) in [4.78, 5) is 47.0. The van der Waals surface area contributed by atoms with Gasteiger partial charge in [0, 0.05) is 42.4 Å². The normalized spacial score (nSPS) is 23.3. The summed E-state index contributed by atoms with van der Waals surface area (Å²) in [6.45, 7) is 7.62. The number of rotatable bonds is 11. The molecule has 3 aliphatic rings. The van der Waals surface area contributed by atoms with Crippen LogP contribution >= 0.6 is 11.8 Å². The maximum Gasteiger partial charge on any atom is 0.335 e. The van der Waals surface area contributed by atoms with Crippen LogP contribution in [0.15, 0.2) is 66.7 Å². The number of thioether (sulfide) groups is 1. The first-order valence-electron chi connectivity index (χ1n) is 17.8. The maximum absolute atomic E-state index is 14.3. The molecule has 0 radical (unpaired) electrons. The standard InChI is InChI=1S/C40H46N4O6S/c1-26-13-12-14-27(2)42(26)21-10-5-11-22-43-32-16-7-9-18-36(32)49-37(38(43)46)31-23-29(24-41)19-20-35(31)50-40(47)33-25-51-39(44(33)28(3)45)30-15-6-8-17-34(30)48-4/h6-9,15-20,23,26-27,33,37,39H,5,10-14,21-22,25H2,1-4H3. The number of carbonyl (C=O) groups excluding carboxylic acids is 3. The lowest BCUT2D eigenvalue weighted by Gasteiger charge is -2.39. The van der Waals surface area contributed by atoms with Crippen molar-refractivity contribution in [1.82, 2.24) is 9.80 Å². The van der Waals surface area contributed by atoms with Crippen LogP contribution in [0.3, 0.4) is 0 Å². The molecule has 0 saturated carbocycles. The van der Waals surface area contributed by atoms with E-state index in [1.54, 1.807) is 24.1 Å². The fourth-order valence-electron chi connectivity index (χ4n) is 7.58. The van der Waals surface area contributed by atoms with E-state index in [0.717, 1.165) is 31.4 Å². The number of ether oxygens (including phenoxy) is 3. The molecule has 0 N–H and O–H groups in total. The van der Waals surface area contributed by atoms with Gasteiger partial charge in [-0.25, -0.2) is 4.79 Å². The first-order chi connectivity index (χ1) is 24.7. The molecule has 0 spiro atoms. The lowest BCUT2D eigenvalue weighted by molar-refractivity contribution is -0.146. The van der Waals surface area contributed by atoms with Gasteiger partial charge in [-0.05, 0) is 82.5 Å². The third-order valence-electron chi connectivity index (χ3n) is 10.2. The first-order valence-corrected chi connectivity index (χ1v) is 18.9. The van der Waals surface area contributed by atoms with Crippen molar-refractivity contribution >= 4 is 35.2 Å². The van der Waals surface area contributed by atoms with Crippen molar-refractivity contribution in [2.45, 2.75) is 88.9 Å². The molecule has 0 aliphatic carbocycles. The summed E-state index contributed by atoms with van der Waals surface area (Å²) in [5, 5.41) is 9.35. The van der Waals surface area contributed by atoms with Gasteiger partial charge in [-0.1, -0.05) is 43.2 Å². The highest BCUT2D eigenvalue weighted by atomic mass is 32.2. The largest absolute Gasteiger partial charge is 0.496 e. The molecule has 51 heavy (non-hydrogen) atoms. The molecule has 10 nitrogen and oxygen atoms in total. The van der Waals surface area contributed by atoms with E-state index in [1.165, 1.54) is 48.9 Å². The average Bonchev–Trinajstić information content (AvgIpc) is 3.59. The van der Waals surface area contributed by atoms with Crippen molar-refractivity contribution in [3.63, 3.8) is 0 Å². The number of anilines is 1. The molecule has 3 aromatic rings. The van der Waals surface area contributed by atoms with Crippen molar-refractivity contribution < 1.29 is 28.6 Å². The molecule has 3 heterocycles. The van der Waals surface area contributed by atoms with Crippen LogP contribution in [0.1, 0.15) is 87.5 Å². The predicted octanol–water partition coefficient (Wildman–Crippen LogP) is 7.03. The zero-order valence-electron chi connectivity index (χ0n) is 29.7. The third kappa shape index (κ3) is 7.72. The van der Waals surface area contributed by atoms with Crippen LogP contribution in [0.5, 0.6) is 17.2 Å². The zero-order valence-corrected chi connectivity index (χ0v) is 30.6. The van der Waals surface area contributed by atoms with E-state index in [4.69, 9.17) is 14.2 Å². The SMILES string of the molecule is COc1ccccc1C1SCC(C(=O)Oc2ccc(C#N)cc2C2Oc3ccccc3N(CCCCCN3C(C)CCCC3C)C2=O)N1C(C)=O. The van der Waals surface area contributed by atoms with Crippen LogP contribution in [0.2, 0.25) is 0 Å². The number of nitriles is 1. The van der Waals surface area contributed by atoms with E-state index in [-0.39, 0.29) is 23.1 Å². The molecule has 11 heteroatoms. The Kier molecular flexibility index (Phi) is 11.5. The second-order valence-electron chi connectivity index (χ2n) is 13.5. The molecule has 2 saturated heterocycles. The number of para-hydroxylation sites is 3. The molecule has 5 atom stereocenters. The number of hydrogen-bond acceptors (Lipinski definition) is 9. The molecule has 5 unspecified atom stereocenters. The molecular formula is C40H46N4O6S. The van der Waals surface area contributed by atoms with E-state index in [9.17, 15) is 19.6 Å². The molecule has 6 rings (SSSR count). The Hall–Kier alpha value is -4.53. The quantitative estimate of drug-likeness (QED) is 0.118. The van der Waals surface area contributed by atoms with Crippen LogP contribution in [-0.2, 0) is 14.4 Å². The van der Waals surface area contributed by atoms with Crippen LogP contribution in [0, 0.1) is 11.3 Å². The number of methoxy groups -OCH3 is 1. The Morgan fingerprint density at radius 1 is 0.941 bits per heavy atom. The van der Waals surface area contributed by atoms with E-state index in [0.29, 0.717) is 47.1 Å². The van der Waals surface area contributed by atoms with Gasteiger partial charge in [0.15, 0.2) is 0 Å². The smallest absolute Gasteiger partial charge is 0.335 e. The highest BCUT2D eigenvalue weighted by Crippen LogP contribution is 2.46. The number of unbranched alkanes of at least 4 members (excludes halogenated alkanes) is 2. The summed E-state index contributed by atoms with van der Waals surface area (Å²) < 4.78 is 17.9. The van der Waals surface area contributed by atoms with Gasteiger partial charge in [-0.3, -0.25) is 14.5 Å². The number of benzene rings is 3. The molecule has 0 aromatic heterocycles. The predicted molar refractivity (Wildman–Crippen MR) is 197 cm³/mol. The monoisotopic (exact) mass is 710 g/mol. The second-order valence-corrected chi connectivity index (χ2v) is 14.7. The average molecular weight is 711 g/mol. The van der Waals surface area contributed by atoms with E-state index in [1.807, 2.05) is 48.5 Å². The van der Waals surface area contributed by atoms with Gasteiger partial charge in [0.25, 0.3) is 5.91 Å². The number of esters is 1. The molecule has 268 valence electrons. The topological polar surface area (TPSA) is 112 Å². The van der Waals surface area contributed by atoms with Crippen LogP contribution in [0.4, 0.5) is 5.69 Å². The van der Waals surface area contributed by atoms with Crippen LogP contribution in [-0.4, -0.2) is 71.7 Å². The summed E-state index contributed by atoms with van der Waals surface area (Å²) >= 11 is 1.45. The fourth-order valence-corrected chi connectivity index (χ4v) is 9.07. The number of carbonyl (C=O) groups is 3. The molecule has 3 aromatic carbocycles. The van der Waals surface area contributed by atoms with Gasteiger partial charge < -0.3 is 24.0 Å². The zero-order chi connectivity index (χ0) is 36.1. The van der Waals surface area contributed by atoms with Gasteiger partial charge in [0.2, 0.25) is 12.0 Å².